The van der Waals surface area contributed by atoms with Crippen molar-refractivity contribution in [1.29, 1.82) is 0 Å². The summed E-state index contributed by atoms with van der Waals surface area (Å²) in [5.74, 6) is 0.884. The summed E-state index contributed by atoms with van der Waals surface area (Å²) in [7, 11) is 0. The molecule has 0 aliphatic carbocycles. The van der Waals surface area contributed by atoms with Gasteiger partial charge < -0.3 is 9.47 Å². The van der Waals surface area contributed by atoms with E-state index in [4.69, 9.17) is 9.47 Å². The molecule has 2 heteroatoms. The first-order valence-electron chi connectivity index (χ1n) is 4.42. The first-order chi connectivity index (χ1) is 5.27. The molecule has 11 heavy (non-hydrogen) atoms. The molecule has 0 atom stereocenters. The summed E-state index contributed by atoms with van der Waals surface area (Å²) in [6.45, 7) is 9.75. The van der Waals surface area contributed by atoms with Crippen LogP contribution in [0.15, 0.2) is 0 Å². The predicted molar refractivity (Wildman–Crippen MR) is 46.8 cm³/mol. The van der Waals surface area contributed by atoms with Gasteiger partial charge in [-0.25, -0.2) is 0 Å². The molecular formula is C9H20O2. The standard InChI is InChI=1S/C5H12.C4H8O2/c1-4-5(2)3;1-2-6-4-3-5-1/h5H,4H2,1-3H3;1-4H2. The molecule has 0 aromatic carbocycles. The molecule has 1 fully saturated rings. The zero-order chi connectivity index (χ0) is 8.53. The minimum absolute atomic E-state index is 0.778. The van der Waals surface area contributed by atoms with Crippen LogP contribution < -0.4 is 0 Å². The van der Waals surface area contributed by atoms with Crippen molar-refractivity contribution in [2.75, 3.05) is 26.4 Å². The summed E-state index contributed by atoms with van der Waals surface area (Å²) in [5, 5.41) is 0. The smallest absolute Gasteiger partial charge is 0.0701 e. The van der Waals surface area contributed by atoms with E-state index in [2.05, 4.69) is 20.8 Å². The Hall–Kier alpha value is -0.0800. The number of ether oxygens (including phenoxy) is 2. The zero-order valence-corrected chi connectivity index (χ0v) is 7.93. The van der Waals surface area contributed by atoms with Gasteiger partial charge in [-0.15, -0.1) is 0 Å². The molecule has 1 aliphatic rings. The second kappa shape index (κ2) is 8.02. The second-order valence-electron chi connectivity index (χ2n) is 3.03. The Morgan fingerprint density at radius 2 is 1.27 bits per heavy atom. The molecule has 1 saturated heterocycles. The average molecular weight is 160 g/mol. The van der Waals surface area contributed by atoms with Gasteiger partial charge in [-0.2, -0.15) is 0 Å². The molecule has 0 amide bonds. The fourth-order valence-corrected chi connectivity index (χ4v) is 0.440. The molecule has 0 bridgehead atoms. The fraction of sp³-hybridized carbons (Fsp3) is 1.00. The molecule has 1 rings (SSSR count). The first kappa shape index (κ1) is 10.9. The van der Waals surface area contributed by atoms with Crippen LogP contribution in [0.25, 0.3) is 0 Å². The van der Waals surface area contributed by atoms with Gasteiger partial charge in [0.1, 0.15) is 0 Å². The van der Waals surface area contributed by atoms with E-state index >= 15 is 0 Å². The molecular weight excluding hydrogens is 140 g/mol. The van der Waals surface area contributed by atoms with Crippen molar-refractivity contribution in [3.63, 3.8) is 0 Å². The third kappa shape index (κ3) is 9.92. The van der Waals surface area contributed by atoms with E-state index < -0.39 is 0 Å². The Morgan fingerprint density at radius 1 is 1.00 bits per heavy atom. The summed E-state index contributed by atoms with van der Waals surface area (Å²) in [4.78, 5) is 0. The maximum atomic E-state index is 4.94. The van der Waals surface area contributed by atoms with Crippen LogP contribution in [0.5, 0.6) is 0 Å². The van der Waals surface area contributed by atoms with Gasteiger partial charge in [0, 0.05) is 0 Å². The van der Waals surface area contributed by atoms with Crippen LogP contribution >= 0.6 is 0 Å². The van der Waals surface area contributed by atoms with E-state index in [0.717, 1.165) is 32.3 Å². The van der Waals surface area contributed by atoms with E-state index in [-0.39, 0.29) is 0 Å². The SMILES string of the molecule is C1COCCO1.CCC(C)C. The average Bonchev–Trinajstić information content (AvgIpc) is 2.09. The van der Waals surface area contributed by atoms with Crippen molar-refractivity contribution in [3.8, 4) is 0 Å². The largest absolute Gasteiger partial charge is 0.377 e. The first-order valence-corrected chi connectivity index (χ1v) is 4.42. The third-order valence-corrected chi connectivity index (χ3v) is 1.56. The molecule has 1 aliphatic heterocycles. The van der Waals surface area contributed by atoms with Crippen LogP contribution in [0.2, 0.25) is 0 Å². The zero-order valence-electron chi connectivity index (χ0n) is 7.93. The Labute approximate surface area is 69.9 Å². The van der Waals surface area contributed by atoms with Crippen molar-refractivity contribution < 1.29 is 9.47 Å². The highest BCUT2D eigenvalue weighted by molar-refractivity contribution is 4.37. The second-order valence-corrected chi connectivity index (χ2v) is 3.03. The molecule has 2 nitrogen and oxygen atoms in total. The Bertz CT molecular complexity index is 56.5. The van der Waals surface area contributed by atoms with Crippen LogP contribution in [0.4, 0.5) is 0 Å². The summed E-state index contributed by atoms with van der Waals surface area (Å²) < 4.78 is 9.89. The number of rotatable bonds is 1. The molecule has 68 valence electrons. The predicted octanol–water partition coefficient (Wildman–Crippen LogP) is 2.09. The molecule has 0 radical (unpaired) electrons. The van der Waals surface area contributed by atoms with Crippen LogP contribution in [0.3, 0.4) is 0 Å². The fourth-order valence-electron chi connectivity index (χ4n) is 0.440. The molecule has 1 heterocycles. The molecule has 0 aromatic heterocycles. The Morgan fingerprint density at radius 3 is 1.36 bits per heavy atom. The maximum absolute atomic E-state index is 4.94. The highest BCUT2D eigenvalue weighted by Crippen LogP contribution is 1.93. The van der Waals surface area contributed by atoms with Crippen LogP contribution in [-0.2, 0) is 9.47 Å². The lowest BCUT2D eigenvalue weighted by Crippen LogP contribution is -2.16. The number of hydrogen-bond donors (Lipinski definition) is 0. The summed E-state index contributed by atoms with van der Waals surface area (Å²) >= 11 is 0. The summed E-state index contributed by atoms with van der Waals surface area (Å²) in [6.07, 6.45) is 1.31. The van der Waals surface area contributed by atoms with Crippen molar-refractivity contribution in [2.45, 2.75) is 27.2 Å². The van der Waals surface area contributed by atoms with Gasteiger partial charge in [-0.3, -0.25) is 0 Å². The van der Waals surface area contributed by atoms with E-state index in [1.54, 1.807) is 0 Å². The van der Waals surface area contributed by atoms with Gasteiger partial charge in [-0.05, 0) is 5.92 Å². The molecule has 0 unspecified atom stereocenters. The van der Waals surface area contributed by atoms with E-state index in [9.17, 15) is 0 Å². The van der Waals surface area contributed by atoms with Crippen molar-refractivity contribution in [3.05, 3.63) is 0 Å². The van der Waals surface area contributed by atoms with E-state index in [1.807, 2.05) is 0 Å². The van der Waals surface area contributed by atoms with Crippen LogP contribution in [0, 0.1) is 5.92 Å². The van der Waals surface area contributed by atoms with Crippen molar-refractivity contribution >= 4 is 0 Å². The molecule has 0 spiro atoms. The summed E-state index contributed by atoms with van der Waals surface area (Å²) in [6, 6.07) is 0. The van der Waals surface area contributed by atoms with Crippen LogP contribution in [-0.4, -0.2) is 26.4 Å². The topological polar surface area (TPSA) is 18.5 Å². The van der Waals surface area contributed by atoms with E-state index in [1.165, 1.54) is 6.42 Å². The Balaban J connectivity index is 0.000000187. The highest BCUT2D eigenvalue weighted by Gasteiger charge is 1.94. The van der Waals surface area contributed by atoms with Gasteiger partial charge in [0.25, 0.3) is 0 Å². The Kier molecular flexibility index (Phi) is 7.96. The lowest BCUT2D eigenvalue weighted by atomic mass is 10.2. The maximum Gasteiger partial charge on any atom is 0.0701 e. The third-order valence-electron chi connectivity index (χ3n) is 1.56. The van der Waals surface area contributed by atoms with Gasteiger partial charge in [0.15, 0.2) is 0 Å². The lowest BCUT2D eigenvalue weighted by molar-refractivity contribution is -0.0334. The monoisotopic (exact) mass is 160 g/mol. The van der Waals surface area contributed by atoms with Gasteiger partial charge in [0.2, 0.25) is 0 Å². The lowest BCUT2D eigenvalue weighted by Gasteiger charge is -2.09. The molecule has 0 N–H and O–H groups in total. The number of hydrogen-bond acceptors (Lipinski definition) is 2. The van der Waals surface area contributed by atoms with Gasteiger partial charge in [-0.1, -0.05) is 27.2 Å². The quantitative estimate of drug-likeness (QED) is 0.584. The van der Waals surface area contributed by atoms with Gasteiger partial charge in [0.05, 0.1) is 26.4 Å². The summed E-state index contributed by atoms with van der Waals surface area (Å²) in [5.41, 5.74) is 0. The van der Waals surface area contributed by atoms with E-state index in [0.29, 0.717) is 0 Å². The van der Waals surface area contributed by atoms with Crippen molar-refractivity contribution in [2.24, 2.45) is 5.92 Å². The highest BCUT2D eigenvalue weighted by atomic mass is 16.6. The normalized spacial score (nSPS) is 17.5. The van der Waals surface area contributed by atoms with Crippen LogP contribution in [0.1, 0.15) is 27.2 Å². The minimum Gasteiger partial charge on any atom is -0.377 e. The minimum atomic E-state index is 0.778. The molecule has 0 aromatic rings. The molecule has 0 saturated carbocycles. The van der Waals surface area contributed by atoms with Gasteiger partial charge >= 0.3 is 0 Å². The van der Waals surface area contributed by atoms with Crippen molar-refractivity contribution in [1.82, 2.24) is 0 Å².